The fourth-order valence-corrected chi connectivity index (χ4v) is 1.52. The van der Waals surface area contributed by atoms with E-state index in [2.05, 4.69) is 29.2 Å². The van der Waals surface area contributed by atoms with Crippen molar-refractivity contribution in [2.24, 2.45) is 0 Å². The van der Waals surface area contributed by atoms with Gasteiger partial charge in [-0.3, -0.25) is 4.68 Å². The van der Waals surface area contributed by atoms with Crippen LogP contribution in [0.4, 0.5) is 0 Å². The van der Waals surface area contributed by atoms with Gasteiger partial charge in [0.05, 0.1) is 5.60 Å². The summed E-state index contributed by atoms with van der Waals surface area (Å²) in [6.45, 7) is 9.29. The molecule has 5 nitrogen and oxygen atoms in total. The minimum atomic E-state index is -0.787. The maximum Gasteiger partial charge on any atom is 0.138 e. The summed E-state index contributed by atoms with van der Waals surface area (Å²) < 4.78 is 1.81. The highest BCUT2D eigenvalue weighted by Crippen LogP contribution is 2.10. The molecule has 0 aliphatic carbocycles. The lowest BCUT2D eigenvalue weighted by Gasteiger charge is -2.24. The Morgan fingerprint density at radius 3 is 2.81 bits per heavy atom. The lowest BCUT2D eigenvalue weighted by Crippen LogP contribution is -2.42. The largest absolute Gasteiger partial charge is 0.388 e. The van der Waals surface area contributed by atoms with E-state index in [1.165, 1.54) is 6.33 Å². The second-order valence-electron chi connectivity index (χ2n) is 4.70. The monoisotopic (exact) mass is 226 g/mol. The lowest BCUT2D eigenvalue weighted by molar-refractivity contribution is 0.0550. The first-order chi connectivity index (χ1) is 7.44. The van der Waals surface area contributed by atoms with Crippen LogP contribution in [0.1, 0.15) is 33.5 Å². The van der Waals surface area contributed by atoms with E-state index in [9.17, 15) is 5.11 Å². The van der Waals surface area contributed by atoms with E-state index < -0.39 is 5.60 Å². The molecule has 1 atom stereocenters. The highest BCUT2D eigenvalue weighted by atomic mass is 16.3. The maximum atomic E-state index is 10.2. The fraction of sp³-hybridized carbons (Fsp3) is 0.818. The molecule has 0 fully saturated rings. The standard InChI is InChI=1S/C11H22N4O/c1-5-15-10(13-8-14-15)6-11(4,16)7-12-9(2)3/h8-9,12,16H,5-7H2,1-4H3. The van der Waals surface area contributed by atoms with Gasteiger partial charge >= 0.3 is 0 Å². The minimum absolute atomic E-state index is 0.371. The molecule has 0 saturated heterocycles. The van der Waals surface area contributed by atoms with Crippen LogP contribution < -0.4 is 5.32 Å². The van der Waals surface area contributed by atoms with Crippen LogP contribution >= 0.6 is 0 Å². The Hall–Kier alpha value is -0.940. The molecule has 1 aromatic heterocycles. The van der Waals surface area contributed by atoms with Crippen molar-refractivity contribution in [1.29, 1.82) is 0 Å². The van der Waals surface area contributed by atoms with Gasteiger partial charge in [-0.1, -0.05) is 13.8 Å². The number of hydrogen-bond donors (Lipinski definition) is 2. The molecule has 0 amide bonds. The second-order valence-corrected chi connectivity index (χ2v) is 4.70. The van der Waals surface area contributed by atoms with E-state index >= 15 is 0 Å². The molecule has 1 unspecified atom stereocenters. The molecule has 0 aliphatic heterocycles. The van der Waals surface area contributed by atoms with Crippen LogP contribution in [0.15, 0.2) is 6.33 Å². The van der Waals surface area contributed by atoms with Crippen LogP contribution in [0, 0.1) is 0 Å². The van der Waals surface area contributed by atoms with Gasteiger partial charge in [-0.15, -0.1) is 0 Å². The maximum absolute atomic E-state index is 10.2. The van der Waals surface area contributed by atoms with Crippen LogP contribution in [-0.4, -0.2) is 38.1 Å². The Morgan fingerprint density at radius 2 is 2.25 bits per heavy atom. The van der Waals surface area contributed by atoms with Crippen LogP contribution in [0.2, 0.25) is 0 Å². The van der Waals surface area contributed by atoms with Gasteiger partial charge in [-0.2, -0.15) is 5.10 Å². The van der Waals surface area contributed by atoms with E-state index in [4.69, 9.17) is 0 Å². The highest BCUT2D eigenvalue weighted by Gasteiger charge is 2.23. The fourth-order valence-electron chi connectivity index (χ4n) is 1.52. The summed E-state index contributed by atoms with van der Waals surface area (Å²) >= 11 is 0. The van der Waals surface area contributed by atoms with Gasteiger partial charge in [0.2, 0.25) is 0 Å². The van der Waals surface area contributed by atoms with Crippen LogP contribution in [-0.2, 0) is 13.0 Å². The normalized spacial score (nSPS) is 15.4. The first kappa shape index (κ1) is 13.1. The number of rotatable bonds is 6. The van der Waals surface area contributed by atoms with Gasteiger partial charge in [-0.25, -0.2) is 4.98 Å². The lowest BCUT2D eigenvalue weighted by atomic mass is 10.0. The van der Waals surface area contributed by atoms with Gasteiger partial charge in [0.1, 0.15) is 12.2 Å². The smallest absolute Gasteiger partial charge is 0.138 e. The summed E-state index contributed by atoms with van der Waals surface area (Å²) in [4.78, 5) is 4.16. The topological polar surface area (TPSA) is 63.0 Å². The van der Waals surface area contributed by atoms with Crippen molar-refractivity contribution in [1.82, 2.24) is 20.1 Å². The first-order valence-corrected chi connectivity index (χ1v) is 5.77. The molecular formula is C11H22N4O. The Morgan fingerprint density at radius 1 is 1.56 bits per heavy atom. The van der Waals surface area contributed by atoms with Gasteiger partial charge in [-0.05, 0) is 13.8 Å². The number of nitrogens with zero attached hydrogens (tertiary/aromatic N) is 3. The van der Waals surface area contributed by atoms with Gasteiger partial charge in [0, 0.05) is 25.6 Å². The van der Waals surface area contributed by atoms with E-state index in [-0.39, 0.29) is 0 Å². The summed E-state index contributed by atoms with van der Waals surface area (Å²) in [7, 11) is 0. The molecule has 0 aliphatic rings. The summed E-state index contributed by atoms with van der Waals surface area (Å²) in [6, 6.07) is 0.371. The quantitative estimate of drug-likeness (QED) is 0.745. The molecule has 1 aromatic rings. The summed E-state index contributed by atoms with van der Waals surface area (Å²) in [5.74, 6) is 0.832. The van der Waals surface area contributed by atoms with E-state index in [1.54, 1.807) is 0 Å². The van der Waals surface area contributed by atoms with Crippen molar-refractivity contribution in [3.8, 4) is 0 Å². The third kappa shape index (κ3) is 3.90. The van der Waals surface area contributed by atoms with Crippen molar-refractivity contribution < 1.29 is 5.11 Å². The average Bonchev–Trinajstić information content (AvgIpc) is 2.61. The van der Waals surface area contributed by atoms with Gasteiger partial charge < -0.3 is 10.4 Å². The van der Waals surface area contributed by atoms with E-state index in [0.29, 0.717) is 19.0 Å². The molecule has 92 valence electrons. The first-order valence-electron chi connectivity index (χ1n) is 5.77. The Balaban J connectivity index is 2.57. The minimum Gasteiger partial charge on any atom is -0.388 e. The summed E-state index contributed by atoms with van der Waals surface area (Å²) in [5, 5.41) is 17.5. The van der Waals surface area contributed by atoms with Crippen molar-refractivity contribution in [2.75, 3.05) is 6.54 Å². The molecule has 1 heterocycles. The van der Waals surface area contributed by atoms with E-state index in [0.717, 1.165) is 12.4 Å². The number of aromatic nitrogens is 3. The number of aryl methyl sites for hydroxylation is 1. The Kier molecular flexibility index (Phi) is 4.44. The molecule has 16 heavy (non-hydrogen) atoms. The van der Waals surface area contributed by atoms with Crippen molar-refractivity contribution in [2.45, 2.75) is 52.3 Å². The predicted octanol–water partition coefficient (Wildman–Crippen LogP) is 0.589. The molecule has 0 saturated carbocycles. The molecular weight excluding hydrogens is 204 g/mol. The Bertz CT molecular complexity index is 320. The molecule has 5 heteroatoms. The third-order valence-electron chi connectivity index (χ3n) is 2.43. The zero-order valence-electron chi connectivity index (χ0n) is 10.6. The zero-order valence-corrected chi connectivity index (χ0v) is 10.6. The van der Waals surface area contributed by atoms with Crippen LogP contribution in [0.5, 0.6) is 0 Å². The molecule has 0 bridgehead atoms. The summed E-state index contributed by atoms with van der Waals surface area (Å²) in [5.41, 5.74) is -0.787. The number of hydrogen-bond acceptors (Lipinski definition) is 4. The SMILES string of the molecule is CCn1ncnc1CC(C)(O)CNC(C)C. The molecule has 1 rings (SSSR count). The molecule has 0 radical (unpaired) electrons. The Labute approximate surface area is 96.9 Å². The van der Waals surface area contributed by atoms with Crippen molar-refractivity contribution in [3.05, 3.63) is 12.2 Å². The highest BCUT2D eigenvalue weighted by molar-refractivity contribution is 4.93. The van der Waals surface area contributed by atoms with Crippen molar-refractivity contribution in [3.63, 3.8) is 0 Å². The average molecular weight is 226 g/mol. The van der Waals surface area contributed by atoms with Crippen LogP contribution in [0.25, 0.3) is 0 Å². The van der Waals surface area contributed by atoms with Crippen molar-refractivity contribution >= 4 is 0 Å². The van der Waals surface area contributed by atoms with Crippen LogP contribution in [0.3, 0.4) is 0 Å². The van der Waals surface area contributed by atoms with Gasteiger partial charge in [0.25, 0.3) is 0 Å². The number of nitrogens with one attached hydrogen (secondary N) is 1. The second kappa shape index (κ2) is 5.41. The predicted molar refractivity (Wildman–Crippen MR) is 63.2 cm³/mol. The molecule has 0 spiro atoms. The van der Waals surface area contributed by atoms with E-state index in [1.807, 2.05) is 18.5 Å². The van der Waals surface area contributed by atoms with Gasteiger partial charge in [0.15, 0.2) is 0 Å². The molecule has 0 aromatic carbocycles. The summed E-state index contributed by atoms with van der Waals surface area (Å²) in [6.07, 6.45) is 2.05. The zero-order chi connectivity index (χ0) is 12.2. The third-order valence-corrected chi connectivity index (χ3v) is 2.43. The molecule has 2 N–H and O–H groups in total. The number of aliphatic hydroxyl groups is 1.